The number of rotatable bonds is 11. The standard InChI is InChI=1S/C28H28BrClFN3O4/c1-4-37-24-14-19(13-22(29)26(24)38-16-18-9-11-20(30)12-10-18)15-32-34-28(36)25(17(2)3)33-27(35)21-7-5-6-8-23(21)31/h5-15,17,25H,4,16H2,1-3H3,(H,33,35)(H,34,36). The van der Waals surface area contributed by atoms with Crippen molar-refractivity contribution < 1.29 is 23.5 Å². The molecule has 0 fully saturated rings. The Bertz CT molecular complexity index is 1300. The summed E-state index contributed by atoms with van der Waals surface area (Å²) >= 11 is 9.46. The Labute approximate surface area is 234 Å². The number of amides is 2. The smallest absolute Gasteiger partial charge is 0.262 e. The van der Waals surface area contributed by atoms with Crippen molar-refractivity contribution in [1.82, 2.24) is 10.7 Å². The lowest BCUT2D eigenvalue weighted by Crippen LogP contribution is -2.48. The third kappa shape index (κ3) is 8.03. The van der Waals surface area contributed by atoms with Gasteiger partial charge in [-0.25, -0.2) is 9.82 Å². The number of nitrogens with one attached hydrogen (secondary N) is 2. The Morgan fingerprint density at radius 2 is 1.82 bits per heavy atom. The number of benzene rings is 3. The molecule has 3 aromatic rings. The van der Waals surface area contributed by atoms with E-state index < -0.39 is 23.7 Å². The summed E-state index contributed by atoms with van der Waals surface area (Å²) in [5.41, 5.74) is 3.89. The summed E-state index contributed by atoms with van der Waals surface area (Å²) < 4.78 is 26.4. The van der Waals surface area contributed by atoms with E-state index in [4.69, 9.17) is 21.1 Å². The van der Waals surface area contributed by atoms with Crippen LogP contribution in [0.4, 0.5) is 4.39 Å². The number of halogens is 3. The van der Waals surface area contributed by atoms with Gasteiger partial charge in [-0.15, -0.1) is 0 Å². The van der Waals surface area contributed by atoms with Gasteiger partial charge < -0.3 is 14.8 Å². The fourth-order valence-electron chi connectivity index (χ4n) is 3.44. The Morgan fingerprint density at radius 3 is 2.47 bits per heavy atom. The first kappa shape index (κ1) is 29.1. The Morgan fingerprint density at radius 1 is 1.11 bits per heavy atom. The first-order valence-electron chi connectivity index (χ1n) is 11.9. The van der Waals surface area contributed by atoms with E-state index >= 15 is 0 Å². The van der Waals surface area contributed by atoms with Gasteiger partial charge in [-0.05, 0) is 76.3 Å². The molecule has 0 bridgehead atoms. The number of hydrogen-bond donors (Lipinski definition) is 2. The van der Waals surface area contributed by atoms with Crippen molar-refractivity contribution >= 4 is 45.6 Å². The minimum Gasteiger partial charge on any atom is -0.490 e. The van der Waals surface area contributed by atoms with Crippen molar-refractivity contribution in [3.05, 3.63) is 92.7 Å². The molecule has 200 valence electrons. The van der Waals surface area contributed by atoms with Gasteiger partial charge >= 0.3 is 0 Å². The predicted molar refractivity (Wildman–Crippen MR) is 149 cm³/mol. The number of ether oxygens (including phenoxy) is 2. The van der Waals surface area contributed by atoms with Crippen molar-refractivity contribution in [2.45, 2.75) is 33.4 Å². The van der Waals surface area contributed by atoms with Gasteiger partial charge in [0.05, 0.1) is 22.9 Å². The normalized spacial score (nSPS) is 11.9. The summed E-state index contributed by atoms with van der Waals surface area (Å²) in [6, 6.07) is 15.5. The molecule has 0 saturated carbocycles. The van der Waals surface area contributed by atoms with Crippen molar-refractivity contribution in [1.29, 1.82) is 0 Å². The highest BCUT2D eigenvalue weighted by atomic mass is 79.9. The van der Waals surface area contributed by atoms with Crippen LogP contribution in [0, 0.1) is 11.7 Å². The van der Waals surface area contributed by atoms with E-state index in [1.165, 1.54) is 24.4 Å². The molecule has 1 unspecified atom stereocenters. The second-order valence-corrected chi connectivity index (χ2v) is 9.88. The van der Waals surface area contributed by atoms with Gasteiger partial charge in [0.15, 0.2) is 11.5 Å². The molecule has 0 aliphatic rings. The highest BCUT2D eigenvalue weighted by Gasteiger charge is 2.25. The monoisotopic (exact) mass is 603 g/mol. The molecule has 0 radical (unpaired) electrons. The first-order chi connectivity index (χ1) is 18.2. The molecule has 7 nitrogen and oxygen atoms in total. The SMILES string of the molecule is CCOc1cc(C=NNC(=O)C(NC(=O)c2ccccc2F)C(C)C)cc(Br)c1OCc1ccc(Cl)cc1. The van der Waals surface area contributed by atoms with Crippen molar-refractivity contribution in [3.63, 3.8) is 0 Å². The molecule has 3 rings (SSSR count). The van der Waals surface area contributed by atoms with Gasteiger partial charge in [0.25, 0.3) is 11.8 Å². The van der Waals surface area contributed by atoms with Crippen LogP contribution in [0.25, 0.3) is 0 Å². The van der Waals surface area contributed by atoms with E-state index in [0.29, 0.717) is 39.8 Å². The highest BCUT2D eigenvalue weighted by molar-refractivity contribution is 9.10. The van der Waals surface area contributed by atoms with E-state index in [1.54, 1.807) is 44.2 Å². The van der Waals surface area contributed by atoms with Gasteiger partial charge in [0.2, 0.25) is 0 Å². The average Bonchev–Trinajstić information content (AvgIpc) is 2.88. The minimum atomic E-state index is -0.923. The second-order valence-electron chi connectivity index (χ2n) is 8.59. The van der Waals surface area contributed by atoms with Crippen LogP contribution in [0.3, 0.4) is 0 Å². The van der Waals surface area contributed by atoms with E-state index in [-0.39, 0.29) is 11.5 Å². The molecule has 0 aromatic heterocycles. The maximum absolute atomic E-state index is 14.0. The number of carbonyl (C=O) groups is 2. The van der Waals surface area contributed by atoms with Crippen LogP contribution in [0.15, 0.2) is 70.2 Å². The largest absolute Gasteiger partial charge is 0.490 e. The van der Waals surface area contributed by atoms with E-state index in [2.05, 4.69) is 31.8 Å². The van der Waals surface area contributed by atoms with E-state index in [1.807, 2.05) is 19.1 Å². The molecule has 1 atom stereocenters. The maximum Gasteiger partial charge on any atom is 0.262 e. The Kier molecular flexibility index (Phi) is 10.7. The molecular formula is C28H28BrClFN3O4. The quantitative estimate of drug-likeness (QED) is 0.204. The minimum absolute atomic E-state index is 0.138. The zero-order valence-electron chi connectivity index (χ0n) is 21.1. The topological polar surface area (TPSA) is 89.0 Å². The molecule has 0 heterocycles. The van der Waals surface area contributed by atoms with E-state index in [0.717, 1.165) is 5.56 Å². The zero-order chi connectivity index (χ0) is 27.7. The van der Waals surface area contributed by atoms with Gasteiger partial charge in [0, 0.05) is 5.02 Å². The molecule has 0 saturated heterocycles. The summed E-state index contributed by atoms with van der Waals surface area (Å²) in [7, 11) is 0. The fourth-order valence-corrected chi connectivity index (χ4v) is 4.14. The number of nitrogens with zero attached hydrogens (tertiary/aromatic N) is 1. The summed E-state index contributed by atoms with van der Waals surface area (Å²) in [6.45, 7) is 6.13. The Hall–Kier alpha value is -3.43. The lowest BCUT2D eigenvalue weighted by atomic mass is 10.0. The number of carbonyl (C=O) groups excluding carboxylic acids is 2. The molecule has 2 amide bonds. The summed E-state index contributed by atoms with van der Waals surface area (Å²) in [5, 5.41) is 7.26. The summed E-state index contributed by atoms with van der Waals surface area (Å²) in [5.74, 6) is -1.12. The van der Waals surface area contributed by atoms with Crippen LogP contribution in [0.5, 0.6) is 11.5 Å². The fraction of sp³-hybridized carbons (Fsp3) is 0.250. The third-order valence-electron chi connectivity index (χ3n) is 5.37. The van der Waals surface area contributed by atoms with Crippen LogP contribution in [0.2, 0.25) is 5.02 Å². The van der Waals surface area contributed by atoms with Crippen molar-refractivity contribution in [3.8, 4) is 11.5 Å². The number of hydrogen-bond acceptors (Lipinski definition) is 5. The molecule has 0 aliphatic carbocycles. The van der Waals surface area contributed by atoms with Gasteiger partial charge in [-0.2, -0.15) is 5.10 Å². The molecular weight excluding hydrogens is 577 g/mol. The highest BCUT2D eigenvalue weighted by Crippen LogP contribution is 2.37. The van der Waals surface area contributed by atoms with Crippen LogP contribution in [-0.2, 0) is 11.4 Å². The lowest BCUT2D eigenvalue weighted by Gasteiger charge is -2.20. The Balaban J connectivity index is 1.69. The second kappa shape index (κ2) is 13.9. The van der Waals surface area contributed by atoms with Crippen LogP contribution >= 0.6 is 27.5 Å². The van der Waals surface area contributed by atoms with Crippen molar-refractivity contribution in [2.75, 3.05) is 6.61 Å². The molecule has 0 aliphatic heterocycles. The molecule has 10 heteroatoms. The molecule has 38 heavy (non-hydrogen) atoms. The van der Waals surface area contributed by atoms with Crippen LogP contribution in [0.1, 0.15) is 42.3 Å². The number of hydrazone groups is 1. The maximum atomic E-state index is 14.0. The lowest BCUT2D eigenvalue weighted by molar-refractivity contribution is -0.123. The predicted octanol–water partition coefficient (Wildman–Crippen LogP) is 6.12. The third-order valence-corrected chi connectivity index (χ3v) is 6.21. The van der Waals surface area contributed by atoms with Crippen molar-refractivity contribution in [2.24, 2.45) is 11.0 Å². The molecule has 3 aromatic carbocycles. The van der Waals surface area contributed by atoms with Crippen LogP contribution in [-0.4, -0.2) is 30.7 Å². The van der Waals surface area contributed by atoms with Gasteiger partial charge in [-0.3, -0.25) is 9.59 Å². The molecule has 0 spiro atoms. The van der Waals surface area contributed by atoms with Gasteiger partial charge in [0.1, 0.15) is 18.5 Å². The summed E-state index contributed by atoms with van der Waals surface area (Å²) in [6.07, 6.45) is 1.45. The van der Waals surface area contributed by atoms with E-state index in [9.17, 15) is 14.0 Å². The average molecular weight is 605 g/mol. The first-order valence-corrected chi connectivity index (χ1v) is 13.1. The van der Waals surface area contributed by atoms with Gasteiger partial charge in [-0.1, -0.05) is 49.7 Å². The molecule has 2 N–H and O–H groups in total. The zero-order valence-corrected chi connectivity index (χ0v) is 23.5. The summed E-state index contributed by atoms with van der Waals surface area (Å²) in [4.78, 5) is 25.3. The van der Waals surface area contributed by atoms with Crippen LogP contribution < -0.4 is 20.2 Å².